The van der Waals surface area contributed by atoms with Gasteiger partial charge in [0.25, 0.3) is 0 Å². The quantitative estimate of drug-likeness (QED) is 0.720. The van der Waals surface area contributed by atoms with Crippen molar-refractivity contribution >= 4 is 35.0 Å². The molecular formula is C22H26N2O2S. The van der Waals surface area contributed by atoms with Crippen LogP contribution in [-0.4, -0.2) is 17.6 Å². The Labute approximate surface area is 165 Å². The zero-order valence-electron chi connectivity index (χ0n) is 15.9. The number of carbonyl (C=O) groups excluding carboxylic acids is 2. The third kappa shape index (κ3) is 4.72. The van der Waals surface area contributed by atoms with Crippen molar-refractivity contribution in [3.8, 4) is 0 Å². The molecule has 2 amide bonds. The van der Waals surface area contributed by atoms with E-state index in [0.717, 1.165) is 36.2 Å². The van der Waals surface area contributed by atoms with Crippen LogP contribution in [0, 0.1) is 0 Å². The van der Waals surface area contributed by atoms with Gasteiger partial charge in [-0.25, -0.2) is 0 Å². The second-order valence-corrected chi connectivity index (χ2v) is 7.80. The summed E-state index contributed by atoms with van der Waals surface area (Å²) in [6.45, 7) is 4.19. The molecule has 2 aromatic carbocycles. The van der Waals surface area contributed by atoms with Crippen LogP contribution in [0.5, 0.6) is 0 Å². The van der Waals surface area contributed by atoms with Crippen molar-refractivity contribution in [3.63, 3.8) is 0 Å². The summed E-state index contributed by atoms with van der Waals surface area (Å²) in [6.07, 6.45) is 3.36. The molecule has 1 saturated heterocycles. The second kappa shape index (κ2) is 9.09. The fourth-order valence-corrected chi connectivity index (χ4v) is 4.37. The van der Waals surface area contributed by atoms with E-state index in [2.05, 4.69) is 31.3 Å². The first-order chi connectivity index (χ1) is 13.1. The first kappa shape index (κ1) is 19.5. The molecule has 4 nitrogen and oxygen atoms in total. The number of anilines is 2. The van der Waals surface area contributed by atoms with Crippen LogP contribution >= 0.6 is 11.8 Å². The van der Waals surface area contributed by atoms with E-state index in [1.807, 2.05) is 41.3 Å². The first-order valence-electron chi connectivity index (χ1n) is 9.54. The molecule has 0 bridgehead atoms. The third-order valence-corrected chi connectivity index (χ3v) is 5.89. The predicted octanol–water partition coefficient (Wildman–Crippen LogP) is 5.16. The molecule has 1 atom stereocenters. The van der Waals surface area contributed by atoms with Crippen molar-refractivity contribution in [1.29, 1.82) is 0 Å². The Bertz CT molecular complexity index is 821. The molecule has 27 heavy (non-hydrogen) atoms. The van der Waals surface area contributed by atoms with Gasteiger partial charge in [0, 0.05) is 17.8 Å². The van der Waals surface area contributed by atoms with Gasteiger partial charge in [-0.05, 0) is 48.2 Å². The SMILES string of the molecule is CCCCC(=O)Nc1cccc([C@@H]2SCC(=O)N2c2cccc(CC)c2)c1. The normalized spacial score (nSPS) is 16.6. The Morgan fingerprint density at radius 1 is 1.19 bits per heavy atom. The molecule has 0 unspecified atom stereocenters. The van der Waals surface area contributed by atoms with E-state index < -0.39 is 0 Å². The van der Waals surface area contributed by atoms with E-state index in [1.54, 1.807) is 11.8 Å². The maximum absolute atomic E-state index is 12.6. The molecule has 5 heteroatoms. The maximum atomic E-state index is 12.6. The molecule has 0 aromatic heterocycles. The van der Waals surface area contributed by atoms with Gasteiger partial charge in [-0.3, -0.25) is 14.5 Å². The number of nitrogens with zero attached hydrogens (tertiary/aromatic N) is 1. The minimum Gasteiger partial charge on any atom is -0.326 e. The molecule has 2 aromatic rings. The number of unbranched alkanes of at least 4 members (excludes halogenated alkanes) is 1. The van der Waals surface area contributed by atoms with Crippen molar-refractivity contribution in [3.05, 3.63) is 59.7 Å². The van der Waals surface area contributed by atoms with Gasteiger partial charge in [-0.15, -0.1) is 11.8 Å². The number of rotatable bonds is 7. The van der Waals surface area contributed by atoms with Gasteiger partial charge in [-0.1, -0.05) is 44.5 Å². The Hall–Kier alpha value is -2.27. The van der Waals surface area contributed by atoms with E-state index in [9.17, 15) is 9.59 Å². The van der Waals surface area contributed by atoms with Crippen LogP contribution in [0.4, 0.5) is 11.4 Å². The number of carbonyl (C=O) groups is 2. The van der Waals surface area contributed by atoms with Gasteiger partial charge in [0.05, 0.1) is 5.75 Å². The molecule has 1 aliphatic heterocycles. The average molecular weight is 383 g/mol. The lowest BCUT2D eigenvalue weighted by Gasteiger charge is -2.25. The van der Waals surface area contributed by atoms with Crippen molar-refractivity contribution in [1.82, 2.24) is 0 Å². The highest BCUT2D eigenvalue weighted by atomic mass is 32.2. The summed E-state index contributed by atoms with van der Waals surface area (Å²) in [5, 5.41) is 2.90. The largest absolute Gasteiger partial charge is 0.326 e. The fourth-order valence-electron chi connectivity index (χ4n) is 3.21. The van der Waals surface area contributed by atoms with Gasteiger partial charge >= 0.3 is 0 Å². The molecular weight excluding hydrogens is 356 g/mol. The fraction of sp³-hybridized carbons (Fsp3) is 0.364. The molecule has 0 saturated carbocycles. The van der Waals surface area contributed by atoms with E-state index in [-0.39, 0.29) is 17.2 Å². The van der Waals surface area contributed by atoms with Crippen molar-refractivity contribution < 1.29 is 9.59 Å². The van der Waals surface area contributed by atoms with Gasteiger partial charge in [0.15, 0.2) is 0 Å². The Balaban J connectivity index is 1.83. The zero-order valence-corrected chi connectivity index (χ0v) is 16.7. The van der Waals surface area contributed by atoms with E-state index in [0.29, 0.717) is 12.2 Å². The van der Waals surface area contributed by atoms with Crippen LogP contribution < -0.4 is 10.2 Å². The number of thioether (sulfide) groups is 1. The lowest BCUT2D eigenvalue weighted by molar-refractivity contribution is -0.116. The van der Waals surface area contributed by atoms with Gasteiger partial charge in [-0.2, -0.15) is 0 Å². The summed E-state index contributed by atoms with van der Waals surface area (Å²) in [6, 6.07) is 16.0. The van der Waals surface area contributed by atoms with Crippen LogP contribution in [-0.2, 0) is 16.0 Å². The highest BCUT2D eigenvalue weighted by Crippen LogP contribution is 2.42. The Kier molecular flexibility index (Phi) is 6.56. The lowest BCUT2D eigenvalue weighted by Crippen LogP contribution is -2.28. The smallest absolute Gasteiger partial charge is 0.238 e. The molecule has 3 rings (SSSR count). The molecule has 0 radical (unpaired) electrons. The van der Waals surface area contributed by atoms with E-state index >= 15 is 0 Å². The summed E-state index contributed by atoms with van der Waals surface area (Å²) in [5.74, 6) is 0.626. The van der Waals surface area contributed by atoms with E-state index in [1.165, 1.54) is 5.56 Å². The first-order valence-corrected chi connectivity index (χ1v) is 10.6. The highest BCUT2D eigenvalue weighted by Gasteiger charge is 2.34. The minimum absolute atomic E-state index is 0.0386. The van der Waals surface area contributed by atoms with Gasteiger partial charge in [0.2, 0.25) is 11.8 Å². The zero-order chi connectivity index (χ0) is 19.2. The topological polar surface area (TPSA) is 49.4 Å². The van der Waals surface area contributed by atoms with Crippen LogP contribution in [0.25, 0.3) is 0 Å². The summed E-state index contributed by atoms with van der Waals surface area (Å²) < 4.78 is 0. The third-order valence-electron chi connectivity index (χ3n) is 4.68. The minimum atomic E-state index is -0.0721. The average Bonchev–Trinajstić information content (AvgIpc) is 3.08. The number of hydrogen-bond acceptors (Lipinski definition) is 3. The standard InChI is InChI=1S/C22H26N2O2S/c1-3-5-12-20(25)23-18-10-7-9-17(14-18)22-24(21(26)15-27-22)19-11-6-8-16(4-2)13-19/h6-11,13-14,22H,3-5,12,15H2,1-2H3,(H,23,25)/t22-/m0/s1. The molecule has 0 spiro atoms. The van der Waals surface area contributed by atoms with Crippen molar-refractivity contribution in [2.45, 2.75) is 44.9 Å². The summed E-state index contributed by atoms with van der Waals surface area (Å²) in [7, 11) is 0. The van der Waals surface area contributed by atoms with Crippen LogP contribution in [0.1, 0.15) is 49.6 Å². The number of benzene rings is 2. The Morgan fingerprint density at radius 2 is 2.00 bits per heavy atom. The molecule has 1 aliphatic rings. The van der Waals surface area contributed by atoms with Gasteiger partial charge in [0.1, 0.15) is 5.37 Å². The number of aryl methyl sites for hydroxylation is 1. The van der Waals surface area contributed by atoms with Crippen LogP contribution in [0.2, 0.25) is 0 Å². The van der Waals surface area contributed by atoms with Crippen molar-refractivity contribution in [2.75, 3.05) is 16.0 Å². The molecule has 142 valence electrons. The lowest BCUT2D eigenvalue weighted by atomic mass is 10.1. The molecule has 1 heterocycles. The van der Waals surface area contributed by atoms with Gasteiger partial charge < -0.3 is 5.32 Å². The maximum Gasteiger partial charge on any atom is 0.238 e. The molecule has 0 aliphatic carbocycles. The summed E-state index contributed by atoms with van der Waals surface area (Å²) in [5.41, 5.74) is 3.97. The van der Waals surface area contributed by atoms with Crippen LogP contribution in [0.3, 0.4) is 0 Å². The second-order valence-electron chi connectivity index (χ2n) is 6.73. The monoisotopic (exact) mass is 382 g/mol. The van der Waals surface area contributed by atoms with E-state index in [4.69, 9.17) is 0 Å². The predicted molar refractivity (Wildman–Crippen MR) is 113 cm³/mol. The van der Waals surface area contributed by atoms with Crippen LogP contribution in [0.15, 0.2) is 48.5 Å². The summed E-state index contributed by atoms with van der Waals surface area (Å²) >= 11 is 1.63. The Morgan fingerprint density at radius 3 is 2.78 bits per heavy atom. The highest BCUT2D eigenvalue weighted by molar-refractivity contribution is 8.00. The molecule has 1 fully saturated rings. The number of nitrogens with one attached hydrogen (secondary N) is 1. The van der Waals surface area contributed by atoms with Crippen molar-refractivity contribution in [2.24, 2.45) is 0 Å². The molecule has 1 N–H and O–H groups in total. The summed E-state index contributed by atoms with van der Waals surface area (Å²) in [4.78, 5) is 26.5. The number of amides is 2. The number of hydrogen-bond donors (Lipinski definition) is 1.